The maximum Gasteiger partial charge on any atom is 0.276 e. The lowest BCUT2D eigenvalue weighted by Gasteiger charge is -2.10. The van der Waals surface area contributed by atoms with E-state index in [4.69, 9.17) is 10.5 Å². The summed E-state index contributed by atoms with van der Waals surface area (Å²) in [4.78, 5) is 35.1. The summed E-state index contributed by atoms with van der Waals surface area (Å²) in [6.07, 6.45) is 4.43. The van der Waals surface area contributed by atoms with Crippen molar-refractivity contribution in [2.45, 2.75) is 30.8 Å². The summed E-state index contributed by atoms with van der Waals surface area (Å²) < 4.78 is 6.27. The number of thioether (sulfide) groups is 1. The Bertz CT molecular complexity index is 1120. The van der Waals surface area contributed by atoms with Gasteiger partial charge in [0, 0.05) is 9.35 Å². The van der Waals surface area contributed by atoms with E-state index >= 15 is 0 Å². The number of amides is 2. The van der Waals surface area contributed by atoms with Crippen molar-refractivity contribution in [1.82, 2.24) is 20.8 Å². The van der Waals surface area contributed by atoms with Gasteiger partial charge in [0.1, 0.15) is 16.4 Å². The topological polar surface area (TPSA) is 119 Å². The first-order valence-corrected chi connectivity index (χ1v) is 12.3. The number of hydrogen-bond donors (Lipinski definition) is 3. The van der Waals surface area contributed by atoms with E-state index in [2.05, 4.69) is 36.7 Å². The number of rotatable bonds is 6. The predicted molar refractivity (Wildman–Crippen MR) is 125 cm³/mol. The number of nitrogens with one attached hydrogen (secondary N) is 2. The van der Waals surface area contributed by atoms with Crippen LogP contribution in [0, 0.1) is 0 Å². The zero-order valence-electron chi connectivity index (χ0n) is 16.4. The second kappa shape index (κ2) is 9.84. The number of fused-ring (bicyclic) bond motifs is 3. The number of halogens is 1. The smallest absolute Gasteiger partial charge is 0.276 e. The van der Waals surface area contributed by atoms with Crippen LogP contribution in [0.5, 0.6) is 5.75 Å². The van der Waals surface area contributed by atoms with Crippen molar-refractivity contribution in [2.24, 2.45) is 0 Å². The lowest BCUT2D eigenvalue weighted by Crippen LogP contribution is -2.44. The number of aromatic nitrogens is 2. The molecular weight excluding hydrogens is 502 g/mol. The number of carbonyl (C=O) groups excluding carboxylic acids is 2. The van der Waals surface area contributed by atoms with Crippen molar-refractivity contribution in [2.75, 3.05) is 18.1 Å². The third-order valence-corrected chi connectivity index (χ3v) is 7.24. The lowest BCUT2D eigenvalue weighted by atomic mass is 9.97. The molecule has 1 aliphatic carbocycles. The Hall–Kier alpha value is -2.37. The fourth-order valence-corrected chi connectivity index (χ4v) is 5.49. The number of aryl methyl sites for hydroxylation is 2. The van der Waals surface area contributed by atoms with E-state index in [-0.39, 0.29) is 18.3 Å². The number of benzene rings is 1. The molecule has 0 atom stereocenters. The van der Waals surface area contributed by atoms with Crippen LogP contribution in [-0.4, -0.2) is 34.1 Å². The van der Waals surface area contributed by atoms with Gasteiger partial charge in [-0.1, -0.05) is 27.7 Å². The molecule has 0 aliphatic heterocycles. The van der Waals surface area contributed by atoms with Gasteiger partial charge in [0.15, 0.2) is 11.8 Å². The van der Waals surface area contributed by atoms with Crippen molar-refractivity contribution >= 4 is 66.9 Å². The molecule has 0 spiro atoms. The number of hydrogen-bond acceptors (Lipinski definition) is 8. The summed E-state index contributed by atoms with van der Waals surface area (Å²) >= 11 is 6.16. The standard InChI is InChI=1S/C20H20BrN5O3S2/c21-11-5-7-12(8-6-11)29-9-15(27)25-26-16(28)10-30-20-23-18(22)17-13-3-1-2-4-14(13)31-19(17)24-20/h5-8H,1-4,9-10H2,(H,25,27)(H,26,28)(H2,22,23,24). The number of ether oxygens (including phenoxy) is 1. The van der Waals surface area contributed by atoms with E-state index in [1.807, 2.05) is 12.1 Å². The summed E-state index contributed by atoms with van der Waals surface area (Å²) in [5, 5.41) is 1.41. The van der Waals surface area contributed by atoms with Crippen molar-refractivity contribution in [1.29, 1.82) is 0 Å². The molecule has 2 aromatic heterocycles. The lowest BCUT2D eigenvalue weighted by molar-refractivity contribution is -0.128. The third-order valence-electron chi connectivity index (χ3n) is 4.68. The number of nitrogen functional groups attached to an aromatic ring is 1. The largest absolute Gasteiger partial charge is 0.484 e. The molecule has 0 bridgehead atoms. The molecule has 0 unspecified atom stereocenters. The maximum atomic E-state index is 12.1. The summed E-state index contributed by atoms with van der Waals surface area (Å²) in [6, 6.07) is 7.09. The molecule has 0 saturated heterocycles. The van der Waals surface area contributed by atoms with Crippen LogP contribution in [-0.2, 0) is 22.4 Å². The minimum Gasteiger partial charge on any atom is -0.484 e. The molecule has 0 fully saturated rings. The molecule has 8 nitrogen and oxygen atoms in total. The normalized spacial score (nSPS) is 12.9. The summed E-state index contributed by atoms with van der Waals surface area (Å²) in [6.45, 7) is -0.214. The molecule has 1 aromatic carbocycles. The van der Waals surface area contributed by atoms with Crippen LogP contribution in [0.25, 0.3) is 10.2 Å². The Kier molecular flexibility index (Phi) is 6.93. The quantitative estimate of drug-likeness (QED) is 0.258. The Morgan fingerprint density at radius 2 is 1.87 bits per heavy atom. The average molecular weight is 522 g/mol. The molecule has 11 heteroatoms. The zero-order chi connectivity index (χ0) is 21.8. The van der Waals surface area contributed by atoms with Crippen LogP contribution in [0.15, 0.2) is 33.9 Å². The molecule has 4 rings (SSSR count). The van der Waals surface area contributed by atoms with Gasteiger partial charge in [-0.05, 0) is 55.5 Å². The van der Waals surface area contributed by atoms with Gasteiger partial charge in [0.2, 0.25) is 5.91 Å². The van der Waals surface area contributed by atoms with Crippen LogP contribution >= 0.6 is 39.0 Å². The SMILES string of the molecule is Nc1nc(SCC(=O)NNC(=O)COc2ccc(Br)cc2)nc2sc3c(c12)CCCC3. The van der Waals surface area contributed by atoms with E-state index in [0.29, 0.717) is 16.7 Å². The van der Waals surface area contributed by atoms with Crippen molar-refractivity contribution < 1.29 is 14.3 Å². The molecule has 2 heterocycles. The molecule has 2 amide bonds. The predicted octanol–water partition coefficient (Wildman–Crippen LogP) is 3.23. The van der Waals surface area contributed by atoms with Crippen LogP contribution in [0.4, 0.5) is 5.82 Å². The first-order valence-electron chi connectivity index (χ1n) is 9.66. The number of anilines is 1. The minimum atomic E-state index is -0.465. The number of nitrogens with zero attached hydrogens (tertiary/aromatic N) is 2. The number of nitrogens with two attached hydrogens (primary N) is 1. The second-order valence-electron chi connectivity index (χ2n) is 6.91. The summed E-state index contributed by atoms with van der Waals surface area (Å²) in [5.41, 5.74) is 12.2. The molecule has 1 aliphatic rings. The summed E-state index contributed by atoms with van der Waals surface area (Å²) in [5.74, 6) is 0.220. The first-order chi connectivity index (χ1) is 15.0. The van der Waals surface area contributed by atoms with Gasteiger partial charge in [0.25, 0.3) is 5.91 Å². The van der Waals surface area contributed by atoms with E-state index in [1.165, 1.54) is 28.6 Å². The molecule has 3 aromatic rings. The molecule has 0 radical (unpaired) electrons. The fraction of sp³-hybridized carbons (Fsp3) is 0.300. The maximum absolute atomic E-state index is 12.1. The highest BCUT2D eigenvalue weighted by atomic mass is 79.9. The number of thiophene rings is 1. The van der Waals surface area contributed by atoms with Crippen molar-refractivity contribution in [3.05, 3.63) is 39.2 Å². The van der Waals surface area contributed by atoms with Crippen LogP contribution in [0.3, 0.4) is 0 Å². The molecular formula is C20H20BrN5O3S2. The van der Waals surface area contributed by atoms with Gasteiger partial charge in [0.05, 0.1) is 11.1 Å². The van der Waals surface area contributed by atoms with Crippen LogP contribution in [0.1, 0.15) is 23.3 Å². The Balaban J connectivity index is 1.26. The zero-order valence-corrected chi connectivity index (χ0v) is 19.7. The van der Waals surface area contributed by atoms with Gasteiger partial charge in [-0.25, -0.2) is 9.97 Å². The molecule has 4 N–H and O–H groups in total. The number of carbonyl (C=O) groups is 2. The van der Waals surface area contributed by atoms with Gasteiger partial charge >= 0.3 is 0 Å². The van der Waals surface area contributed by atoms with E-state index in [9.17, 15) is 9.59 Å². The second-order valence-corrected chi connectivity index (χ2v) is 9.85. The highest BCUT2D eigenvalue weighted by Gasteiger charge is 2.20. The van der Waals surface area contributed by atoms with Crippen molar-refractivity contribution in [3.63, 3.8) is 0 Å². The van der Waals surface area contributed by atoms with E-state index in [1.54, 1.807) is 23.5 Å². The van der Waals surface area contributed by atoms with Crippen LogP contribution in [0.2, 0.25) is 0 Å². The van der Waals surface area contributed by atoms with Crippen molar-refractivity contribution in [3.8, 4) is 5.75 Å². The van der Waals surface area contributed by atoms with Gasteiger partial charge in [-0.3, -0.25) is 20.4 Å². The average Bonchev–Trinajstić information content (AvgIpc) is 3.14. The van der Waals surface area contributed by atoms with Gasteiger partial charge in [-0.2, -0.15) is 0 Å². The van der Waals surface area contributed by atoms with Crippen LogP contribution < -0.4 is 21.3 Å². The number of hydrazine groups is 1. The third kappa shape index (κ3) is 5.46. The van der Waals surface area contributed by atoms with Gasteiger partial charge in [-0.15, -0.1) is 11.3 Å². The van der Waals surface area contributed by atoms with E-state index in [0.717, 1.165) is 34.0 Å². The molecule has 162 valence electrons. The highest BCUT2D eigenvalue weighted by molar-refractivity contribution is 9.10. The van der Waals surface area contributed by atoms with E-state index < -0.39 is 5.91 Å². The Morgan fingerprint density at radius 1 is 1.13 bits per heavy atom. The first kappa shape index (κ1) is 21.8. The molecule has 31 heavy (non-hydrogen) atoms. The fourth-order valence-electron chi connectivity index (χ4n) is 3.25. The minimum absolute atomic E-state index is 0.0455. The monoisotopic (exact) mass is 521 g/mol. The highest BCUT2D eigenvalue weighted by Crippen LogP contribution is 2.38. The summed E-state index contributed by atoms with van der Waals surface area (Å²) in [7, 11) is 0. The van der Waals surface area contributed by atoms with Gasteiger partial charge < -0.3 is 10.5 Å². The molecule has 0 saturated carbocycles. The Morgan fingerprint density at radius 3 is 2.68 bits per heavy atom. The Labute approximate surface area is 195 Å².